The van der Waals surface area contributed by atoms with E-state index in [1.807, 2.05) is 18.2 Å². The van der Waals surface area contributed by atoms with Crippen molar-refractivity contribution in [3.8, 4) is 0 Å². The standard InChI is InChI=1S/C11H11BrINO3S/c12-9-2-1-8(13)5-10(9)14-11(15)7-3-4-18(16,17)6-7/h1-2,5,7H,3-4,6H2,(H,14,15). The molecule has 0 bridgehead atoms. The number of amides is 1. The van der Waals surface area contributed by atoms with Crippen LogP contribution >= 0.6 is 38.5 Å². The molecule has 0 saturated carbocycles. The fourth-order valence-corrected chi connectivity index (χ4v) is 4.41. The van der Waals surface area contributed by atoms with Gasteiger partial charge in [0.1, 0.15) is 0 Å². The Labute approximate surface area is 128 Å². The highest BCUT2D eigenvalue weighted by Gasteiger charge is 2.33. The Morgan fingerprint density at radius 2 is 2.17 bits per heavy atom. The Hall–Kier alpha value is -0.150. The number of nitrogens with one attached hydrogen (secondary N) is 1. The van der Waals surface area contributed by atoms with Crippen molar-refractivity contribution in [3.05, 3.63) is 26.2 Å². The van der Waals surface area contributed by atoms with Crippen molar-refractivity contribution >= 4 is 60.0 Å². The van der Waals surface area contributed by atoms with Gasteiger partial charge in [-0.2, -0.15) is 0 Å². The van der Waals surface area contributed by atoms with Gasteiger partial charge in [-0.15, -0.1) is 0 Å². The van der Waals surface area contributed by atoms with Crippen LogP contribution in [0, 0.1) is 9.49 Å². The van der Waals surface area contributed by atoms with E-state index in [9.17, 15) is 13.2 Å². The number of hydrogen-bond acceptors (Lipinski definition) is 3. The lowest BCUT2D eigenvalue weighted by atomic mass is 10.1. The average molecular weight is 444 g/mol. The molecule has 1 unspecified atom stereocenters. The summed E-state index contributed by atoms with van der Waals surface area (Å²) in [5.74, 6) is -0.586. The SMILES string of the molecule is O=C(Nc1cc(I)ccc1Br)C1CCS(=O)(=O)C1. The minimum atomic E-state index is -3.03. The molecule has 1 aromatic rings. The molecule has 2 rings (SSSR count). The molecule has 18 heavy (non-hydrogen) atoms. The van der Waals surface area contributed by atoms with Gasteiger partial charge in [0.25, 0.3) is 0 Å². The van der Waals surface area contributed by atoms with Gasteiger partial charge in [-0.05, 0) is 63.1 Å². The molecule has 1 heterocycles. The summed E-state index contributed by atoms with van der Waals surface area (Å²) in [5, 5.41) is 2.78. The lowest BCUT2D eigenvalue weighted by molar-refractivity contribution is -0.119. The predicted molar refractivity (Wildman–Crippen MR) is 82.2 cm³/mol. The fourth-order valence-electron chi connectivity index (χ4n) is 1.83. The molecule has 1 aliphatic rings. The van der Waals surface area contributed by atoms with Crippen LogP contribution in [0.2, 0.25) is 0 Å². The zero-order valence-electron chi connectivity index (χ0n) is 9.32. The first-order chi connectivity index (χ1) is 8.37. The summed E-state index contributed by atoms with van der Waals surface area (Å²) in [7, 11) is -3.03. The van der Waals surface area contributed by atoms with Crippen LogP contribution in [0.1, 0.15) is 6.42 Å². The number of sulfone groups is 1. The van der Waals surface area contributed by atoms with Crippen molar-refractivity contribution in [2.75, 3.05) is 16.8 Å². The molecule has 1 saturated heterocycles. The molecule has 1 amide bonds. The van der Waals surface area contributed by atoms with Crippen LogP contribution in [0.3, 0.4) is 0 Å². The summed E-state index contributed by atoms with van der Waals surface area (Å²) in [6.07, 6.45) is 0.412. The third-order valence-electron chi connectivity index (χ3n) is 2.79. The van der Waals surface area contributed by atoms with Crippen molar-refractivity contribution < 1.29 is 13.2 Å². The molecule has 1 aromatic carbocycles. The van der Waals surface area contributed by atoms with Crippen LogP contribution in [0.15, 0.2) is 22.7 Å². The smallest absolute Gasteiger partial charge is 0.228 e. The summed E-state index contributed by atoms with van der Waals surface area (Å²) < 4.78 is 24.5. The van der Waals surface area contributed by atoms with Crippen LogP contribution in [0.25, 0.3) is 0 Å². The van der Waals surface area contributed by atoms with E-state index in [1.54, 1.807) is 0 Å². The molecular weight excluding hydrogens is 433 g/mol. The number of carbonyl (C=O) groups excluding carboxylic acids is 1. The number of carbonyl (C=O) groups is 1. The van der Waals surface area contributed by atoms with Gasteiger partial charge in [-0.1, -0.05) is 0 Å². The lowest BCUT2D eigenvalue weighted by Gasteiger charge is -2.11. The quantitative estimate of drug-likeness (QED) is 0.714. The van der Waals surface area contributed by atoms with Crippen LogP contribution in [-0.4, -0.2) is 25.8 Å². The van der Waals surface area contributed by atoms with Gasteiger partial charge in [0.05, 0.1) is 23.1 Å². The van der Waals surface area contributed by atoms with E-state index < -0.39 is 15.8 Å². The maximum atomic E-state index is 12.0. The van der Waals surface area contributed by atoms with E-state index >= 15 is 0 Å². The number of rotatable bonds is 2. The first kappa shape index (κ1) is 14.3. The van der Waals surface area contributed by atoms with Crippen LogP contribution in [0.4, 0.5) is 5.69 Å². The van der Waals surface area contributed by atoms with E-state index in [0.717, 1.165) is 8.04 Å². The Morgan fingerprint density at radius 1 is 1.44 bits per heavy atom. The van der Waals surface area contributed by atoms with Crippen molar-refractivity contribution in [2.24, 2.45) is 5.92 Å². The molecule has 0 spiro atoms. The fraction of sp³-hybridized carbons (Fsp3) is 0.364. The first-order valence-corrected chi connectivity index (χ1v) is 9.03. The van der Waals surface area contributed by atoms with Gasteiger partial charge in [-0.3, -0.25) is 4.79 Å². The maximum absolute atomic E-state index is 12.0. The van der Waals surface area contributed by atoms with Gasteiger partial charge in [0.2, 0.25) is 5.91 Å². The topological polar surface area (TPSA) is 63.2 Å². The third kappa shape index (κ3) is 3.45. The van der Waals surface area contributed by atoms with Crippen molar-refractivity contribution in [2.45, 2.75) is 6.42 Å². The lowest BCUT2D eigenvalue weighted by Crippen LogP contribution is -2.23. The molecule has 1 aliphatic heterocycles. The second-order valence-corrected chi connectivity index (χ2v) is 8.54. The Bertz CT molecular complexity index is 588. The number of anilines is 1. The molecule has 1 fully saturated rings. The van der Waals surface area contributed by atoms with E-state index in [0.29, 0.717) is 12.1 Å². The predicted octanol–water partition coefficient (Wildman–Crippen LogP) is 2.43. The normalized spacial score (nSPS) is 21.8. The number of halogens is 2. The maximum Gasteiger partial charge on any atom is 0.228 e. The van der Waals surface area contributed by atoms with Crippen LogP contribution in [-0.2, 0) is 14.6 Å². The summed E-state index contributed by atoms with van der Waals surface area (Å²) in [5.41, 5.74) is 0.677. The minimum Gasteiger partial charge on any atom is -0.325 e. The van der Waals surface area contributed by atoms with Gasteiger partial charge >= 0.3 is 0 Å². The van der Waals surface area contributed by atoms with Gasteiger partial charge in [0, 0.05) is 8.04 Å². The van der Waals surface area contributed by atoms with Crippen molar-refractivity contribution in [3.63, 3.8) is 0 Å². The highest BCUT2D eigenvalue weighted by Crippen LogP contribution is 2.26. The third-order valence-corrected chi connectivity index (χ3v) is 5.92. The molecule has 0 aromatic heterocycles. The van der Waals surface area contributed by atoms with Crippen molar-refractivity contribution in [1.82, 2.24) is 0 Å². The largest absolute Gasteiger partial charge is 0.325 e. The van der Waals surface area contributed by atoms with Crippen LogP contribution in [0.5, 0.6) is 0 Å². The summed E-state index contributed by atoms with van der Waals surface area (Å²) in [4.78, 5) is 12.0. The average Bonchev–Trinajstić information content (AvgIpc) is 2.64. The Morgan fingerprint density at radius 3 is 2.78 bits per heavy atom. The molecule has 98 valence electrons. The molecule has 0 aliphatic carbocycles. The minimum absolute atomic E-state index is 0.0413. The first-order valence-electron chi connectivity index (χ1n) is 5.34. The second-order valence-electron chi connectivity index (χ2n) is 4.21. The summed E-state index contributed by atoms with van der Waals surface area (Å²) >= 11 is 5.51. The van der Waals surface area contributed by atoms with E-state index in [2.05, 4.69) is 43.8 Å². The van der Waals surface area contributed by atoms with Gasteiger partial charge in [0.15, 0.2) is 9.84 Å². The number of hydrogen-bond donors (Lipinski definition) is 1. The van der Waals surface area contributed by atoms with Crippen LogP contribution < -0.4 is 5.32 Å². The highest BCUT2D eigenvalue weighted by molar-refractivity contribution is 14.1. The van der Waals surface area contributed by atoms with Gasteiger partial charge < -0.3 is 5.32 Å². The number of benzene rings is 1. The molecule has 1 N–H and O–H groups in total. The summed E-state index contributed by atoms with van der Waals surface area (Å²) in [6, 6.07) is 5.61. The second kappa shape index (κ2) is 5.46. The molecule has 1 atom stereocenters. The van der Waals surface area contributed by atoms with E-state index in [-0.39, 0.29) is 17.4 Å². The van der Waals surface area contributed by atoms with E-state index in [1.165, 1.54) is 0 Å². The van der Waals surface area contributed by atoms with Gasteiger partial charge in [-0.25, -0.2) is 8.42 Å². The monoisotopic (exact) mass is 443 g/mol. The highest BCUT2D eigenvalue weighted by atomic mass is 127. The van der Waals surface area contributed by atoms with Crippen molar-refractivity contribution in [1.29, 1.82) is 0 Å². The Kier molecular flexibility index (Phi) is 4.32. The molecule has 4 nitrogen and oxygen atoms in total. The summed E-state index contributed by atoms with van der Waals surface area (Å²) in [6.45, 7) is 0. The molecular formula is C11H11BrINO3S. The zero-order chi connectivity index (χ0) is 13.3. The Balaban J connectivity index is 2.10. The molecule has 7 heteroatoms. The molecule has 0 radical (unpaired) electrons. The van der Waals surface area contributed by atoms with E-state index in [4.69, 9.17) is 0 Å². The zero-order valence-corrected chi connectivity index (χ0v) is 13.9.